The summed E-state index contributed by atoms with van der Waals surface area (Å²) in [4.78, 5) is 4.97. The van der Waals surface area contributed by atoms with Gasteiger partial charge in [-0.25, -0.2) is 0 Å². The molecule has 0 aliphatic carbocycles. The first-order valence-corrected chi connectivity index (χ1v) is 9.49. The van der Waals surface area contributed by atoms with E-state index in [2.05, 4.69) is 41.0 Å². The average molecular weight is 370 g/mol. The molecule has 0 N–H and O–H groups in total. The van der Waals surface area contributed by atoms with E-state index in [9.17, 15) is 0 Å². The summed E-state index contributed by atoms with van der Waals surface area (Å²) in [5.41, 5.74) is 2.46. The van der Waals surface area contributed by atoms with E-state index < -0.39 is 0 Å². The lowest BCUT2D eigenvalue weighted by Gasteiger charge is -2.39. The van der Waals surface area contributed by atoms with Crippen LogP contribution in [0.1, 0.15) is 12.5 Å². The smallest absolute Gasteiger partial charge is 0.160 e. The second-order valence-electron chi connectivity index (χ2n) is 6.94. The van der Waals surface area contributed by atoms with E-state index in [1.54, 1.807) is 21.3 Å². The maximum Gasteiger partial charge on any atom is 0.160 e. The Bertz CT molecular complexity index is 742. The van der Waals surface area contributed by atoms with Crippen molar-refractivity contribution in [3.8, 4) is 17.2 Å². The number of nitrogens with zero attached hydrogens (tertiary/aromatic N) is 2. The van der Waals surface area contributed by atoms with Crippen LogP contribution in [0.15, 0.2) is 42.5 Å². The first kappa shape index (κ1) is 19.4. The predicted octanol–water partition coefficient (Wildman–Crippen LogP) is 3.47. The topological polar surface area (TPSA) is 34.2 Å². The van der Waals surface area contributed by atoms with Gasteiger partial charge in [-0.3, -0.25) is 4.90 Å². The van der Waals surface area contributed by atoms with E-state index in [-0.39, 0.29) is 0 Å². The maximum atomic E-state index is 5.52. The molecule has 1 fully saturated rings. The zero-order chi connectivity index (χ0) is 19.2. The Balaban J connectivity index is 1.59. The second-order valence-corrected chi connectivity index (χ2v) is 6.94. The van der Waals surface area contributed by atoms with Gasteiger partial charge in [0.2, 0.25) is 0 Å². The van der Waals surface area contributed by atoms with Crippen LogP contribution in [0.2, 0.25) is 0 Å². The number of hydrogen-bond donors (Lipinski definition) is 0. The van der Waals surface area contributed by atoms with E-state index in [4.69, 9.17) is 14.2 Å². The van der Waals surface area contributed by atoms with Crippen LogP contribution < -0.4 is 19.1 Å². The Morgan fingerprint density at radius 1 is 0.815 bits per heavy atom. The molecule has 1 heterocycles. The highest BCUT2D eigenvalue weighted by Crippen LogP contribution is 2.30. The van der Waals surface area contributed by atoms with E-state index >= 15 is 0 Å². The van der Waals surface area contributed by atoms with E-state index in [1.807, 2.05) is 18.2 Å². The monoisotopic (exact) mass is 370 g/mol. The van der Waals surface area contributed by atoms with Gasteiger partial charge in [0.05, 0.1) is 27.0 Å². The van der Waals surface area contributed by atoms with Gasteiger partial charge in [-0.15, -0.1) is 0 Å². The Labute approximate surface area is 162 Å². The van der Waals surface area contributed by atoms with Crippen molar-refractivity contribution in [1.82, 2.24) is 4.90 Å². The maximum absolute atomic E-state index is 5.52. The van der Waals surface area contributed by atoms with Gasteiger partial charge < -0.3 is 19.1 Å². The minimum Gasteiger partial charge on any atom is -0.495 e. The summed E-state index contributed by atoms with van der Waals surface area (Å²) in [6.45, 7) is 6.42. The number of anilines is 1. The van der Waals surface area contributed by atoms with Gasteiger partial charge >= 0.3 is 0 Å². The molecule has 0 amide bonds. The number of methoxy groups -OCH3 is 3. The van der Waals surface area contributed by atoms with Crippen molar-refractivity contribution in [3.05, 3.63) is 48.0 Å². The van der Waals surface area contributed by atoms with Gasteiger partial charge in [-0.1, -0.05) is 18.2 Å². The van der Waals surface area contributed by atoms with Crippen LogP contribution in [0.5, 0.6) is 17.2 Å². The fourth-order valence-corrected chi connectivity index (χ4v) is 3.77. The molecule has 2 aromatic carbocycles. The fraction of sp³-hybridized carbons (Fsp3) is 0.455. The van der Waals surface area contributed by atoms with Gasteiger partial charge in [0.25, 0.3) is 0 Å². The second kappa shape index (κ2) is 9.00. The number of hydrogen-bond acceptors (Lipinski definition) is 5. The number of benzene rings is 2. The number of para-hydroxylation sites is 2. The van der Waals surface area contributed by atoms with Crippen molar-refractivity contribution in [3.63, 3.8) is 0 Å². The standard InChI is InChI=1S/C22H30N2O3/c1-17(15-18-9-10-21(26-3)22(16-18)27-4)23-11-13-24(14-12-23)19-7-5-6-8-20(19)25-2/h5-10,16-17H,11-15H2,1-4H3/t17-/m1/s1. The lowest BCUT2D eigenvalue weighted by molar-refractivity contribution is 0.195. The molecule has 0 bridgehead atoms. The van der Waals surface area contributed by atoms with Gasteiger partial charge in [-0.05, 0) is 43.2 Å². The first-order valence-electron chi connectivity index (χ1n) is 9.49. The molecular weight excluding hydrogens is 340 g/mol. The van der Waals surface area contributed by atoms with Crippen molar-refractivity contribution in [2.24, 2.45) is 0 Å². The van der Waals surface area contributed by atoms with Gasteiger partial charge in [0.15, 0.2) is 11.5 Å². The molecule has 1 atom stereocenters. The summed E-state index contributed by atoms with van der Waals surface area (Å²) in [6, 6.07) is 14.9. The zero-order valence-electron chi connectivity index (χ0n) is 16.8. The van der Waals surface area contributed by atoms with Crippen molar-refractivity contribution in [2.45, 2.75) is 19.4 Å². The van der Waals surface area contributed by atoms with Crippen LogP contribution in [0.3, 0.4) is 0 Å². The Morgan fingerprint density at radius 3 is 2.15 bits per heavy atom. The van der Waals surface area contributed by atoms with Crippen LogP contribution in [-0.4, -0.2) is 58.5 Å². The highest BCUT2D eigenvalue weighted by atomic mass is 16.5. The minimum atomic E-state index is 0.475. The van der Waals surface area contributed by atoms with Crippen molar-refractivity contribution >= 4 is 5.69 Å². The van der Waals surface area contributed by atoms with Crippen LogP contribution in [0.25, 0.3) is 0 Å². The summed E-state index contributed by atoms with van der Waals surface area (Å²) >= 11 is 0. The molecule has 1 aliphatic heterocycles. The lowest BCUT2D eigenvalue weighted by atomic mass is 10.0. The van der Waals surface area contributed by atoms with Crippen molar-refractivity contribution in [1.29, 1.82) is 0 Å². The Hall–Kier alpha value is -2.40. The molecular formula is C22H30N2O3. The van der Waals surface area contributed by atoms with Crippen LogP contribution in [0, 0.1) is 0 Å². The third kappa shape index (κ3) is 4.48. The normalized spacial score (nSPS) is 16.1. The van der Waals surface area contributed by atoms with E-state index in [1.165, 1.54) is 11.3 Å². The molecule has 27 heavy (non-hydrogen) atoms. The molecule has 0 saturated carbocycles. The quantitative estimate of drug-likeness (QED) is 0.746. The number of rotatable bonds is 7. The summed E-state index contributed by atoms with van der Waals surface area (Å²) in [5.74, 6) is 2.52. The average Bonchev–Trinajstić information content (AvgIpc) is 2.73. The molecule has 0 spiro atoms. The van der Waals surface area contributed by atoms with Gasteiger partial charge in [0, 0.05) is 32.2 Å². The van der Waals surface area contributed by atoms with Gasteiger partial charge in [0.1, 0.15) is 5.75 Å². The molecule has 2 aromatic rings. The highest BCUT2D eigenvalue weighted by Gasteiger charge is 2.23. The summed E-state index contributed by atoms with van der Waals surface area (Å²) in [5, 5.41) is 0. The summed E-state index contributed by atoms with van der Waals surface area (Å²) in [7, 11) is 5.09. The third-order valence-electron chi connectivity index (χ3n) is 5.34. The van der Waals surface area contributed by atoms with Crippen molar-refractivity contribution < 1.29 is 14.2 Å². The molecule has 0 aromatic heterocycles. The molecule has 5 heteroatoms. The third-order valence-corrected chi connectivity index (χ3v) is 5.34. The molecule has 0 unspecified atom stereocenters. The van der Waals surface area contributed by atoms with E-state index in [0.717, 1.165) is 49.8 Å². The molecule has 5 nitrogen and oxygen atoms in total. The molecule has 1 aliphatic rings. The minimum absolute atomic E-state index is 0.475. The number of ether oxygens (including phenoxy) is 3. The molecule has 146 valence electrons. The molecule has 0 radical (unpaired) electrons. The summed E-state index contributed by atoms with van der Waals surface area (Å²) in [6.07, 6.45) is 0.995. The van der Waals surface area contributed by atoms with Crippen LogP contribution >= 0.6 is 0 Å². The Morgan fingerprint density at radius 2 is 1.48 bits per heavy atom. The fourth-order valence-electron chi connectivity index (χ4n) is 3.77. The molecule has 1 saturated heterocycles. The molecule has 3 rings (SSSR count). The van der Waals surface area contributed by atoms with Crippen LogP contribution in [-0.2, 0) is 6.42 Å². The summed E-state index contributed by atoms with van der Waals surface area (Å²) < 4.78 is 16.3. The predicted molar refractivity (Wildman–Crippen MR) is 109 cm³/mol. The van der Waals surface area contributed by atoms with Gasteiger partial charge in [-0.2, -0.15) is 0 Å². The van der Waals surface area contributed by atoms with Crippen molar-refractivity contribution in [2.75, 3.05) is 52.4 Å². The number of piperazine rings is 1. The van der Waals surface area contributed by atoms with E-state index in [0.29, 0.717) is 6.04 Å². The SMILES string of the molecule is COc1ccc(C[C@@H](C)N2CCN(c3ccccc3OC)CC2)cc1OC. The largest absolute Gasteiger partial charge is 0.495 e. The van der Waals surface area contributed by atoms with Crippen LogP contribution in [0.4, 0.5) is 5.69 Å². The highest BCUT2D eigenvalue weighted by molar-refractivity contribution is 5.58. The Kier molecular flexibility index (Phi) is 6.45. The zero-order valence-corrected chi connectivity index (χ0v) is 16.8. The first-order chi connectivity index (χ1) is 13.2. The lowest BCUT2D eigenvalue weighted by Crippen LogP contribution is -2.50.